The van der Waals surface area contributed by atoms with Crippen molar-refractivity contribution in [3.63, 3.8) is 0 Å². The second kappa shape index (κ2) is 5.98. The molecule has 1 aliphatic rings. The van der Waals surface area contributed by atoms with Crippen LogP contribution < -0.4 is 10.6 Å². The Morgan fingerprint density at radius 3 is 2.71 bits per heavy atom. The van der Waals surface area contributed by atoms with E-state index >= 15 is 0 Å². The molecule has 2 N–H and O–H groups in total. The monoisotopic (exact) mass is 299 g/mol. The molecule has 1 aliphatic carbocycles. The van der Waals surface area contributed by atoms with E-state index in [-0.39, 0.29) is 0 Å². The van der Waals surface area contributed by atoms with Crippen LogP contribution in [0, 0.1) is 0 Å². The minimum absolute atomic E-state index is 0.430. The van der Waals surface area contributed by atoms with Crippen LogP contribution in [-0.4, -0.2) is 22.6 Å². The predicted octanol–water partition coefficient (Wildman–Crippen LogP) is 3.64. The zero-order chi connectivity index (χ0) is 14.8. The van der Waals surface area contributed by atoms with Crippen molar-refractivity contribution < 1.29 is 0 Å². The lowest BCUT2D eigenvalue weighted by Crippen LogP contribution is -2.35. The maximum absolute atomic E-state index is 5.96. The van der Waals surface area contributed by atoms with E-state index in [9.17, 15) is 0 Å². The number of nitrogens with zero attached hydrogens (tertiary/aromatic N) is 2. The van der Waals surface area contributed by atoms with Crippen molar-refractivity contribution in [2.45, 2.75) is 38.6 Å². The highest BCUT2D eigenvalue weighted by atomic mass is 32.1. The van der Waals surface area contributed by atoms with Crippen LogP contribution in [0.5, 0.6) is 0 Å². The number of pyridine rings is 1. The van der Waals surface area contributed by atoms with E-state index < -0.39 is 0 Å². The molecule has 1 aromatic heterocycles. The maximum atomic E-state index is 5.96. The van der Waals surface area contributed by atoms with Crippen LogP contribution in [0.2, 0.25) is 0 Å². The third kappa shape index (κ3) is 2.60. The molecule has 0 unspecified atom stereocenters. The summed E-state index contributed by atoms with van der Waals surface area (Å²) in [5.41, 5.74) is 9.03. The van der Waals surface area contributed by atoms with Gasteiger partial charge in [-0.25, -0.2) is 0 Å². The highest BCUT2D eigenvalue weighted by Crippen LogP contribution is 2.35. The van der Waals surface area contributed by atoms with Crippen molar-refractivity contribution >= 4 is 33.8 Å². The first-order valence-electron chi connectivity index (χ1n) is 7.66. The first-order chi connectivity index (χ1) is 10.2. The average Bonchev–Trinajstić information content (AvgIpc) is 3.02. The Balaban J connectivity index is 2.21. The summed E-state index contributed by atoms with van der Waals surface area (Å²) in [5, 5.41) is 1.15. The van der Waals surface area contributed by atoms with Crippen LogP contribution in [0.4, 0.5) is 5.69 Å². The van der Waals surface area contributed by atoms with Crippen LogP contribution in [-0.2, 0) is 0 Å². The largest absolute Gasteiger partial charge is 0.389 e. The standard InChI is InChI=1S/C17H21N3S/c1-2-20(12-7-3-4-8-12)16-13-9-5-6-10-15(13)19-11-14(16)17(18)21/h5-6,9-12H,2-4,7-8H2,1H3,(H2,18,21). The van der Waals surface area contributed by atoms with Gasteiger partial charge in [0, 0.05) is 24.2 Å². The minimum atomic E-state index is 0.430. The quantitative estimate of drug-likeness (QED) is 0.875. The summed E-state index contributed by atoms with van der Waals surface area (Å²) < 4.78 is 0. The van der Waals surface area contributed by atoms with Gasteiger partial charge in [-0.15, -0.1) is 0 Å². The molecule has 1 fully saturated rings. The summed E-state index contributed by atoms with van der Waals surface area (Å²) in [6, 6.07) is 8.83. The number of aromatic nitrogens is 1. The first-order valence-corrected chi connectivity index (χ1v) is 8.07. The van der Waals surface area contributed by atoms with E-state index in [4.69, 9.17) is 18.0 Å². The normalized spacial score (nSPS) is 15.5. The lowest BCUT2D eigenvalue weighted by molar-refractivity contribution is 0.621. The van der Waals surface area contributed by atoms with Gasteiger partial charge in [-0.1, -0.05) is 43.3 Å². The molecule has 1 aromatic carbocycles. The summed E-state index contributed by atoms with van der Waals surface area (Å²) in [6.45, 7) is 3.17. The van der Waals surface area contributed by atoms with Gasteiger partial charge >= 0.3 is 0 Å². The number of rotatable bonds is 4. The van der Waals surface area contributed by atoms with Gasteiger partial charge in [-0.05, 0) is 25.8 Å². The summed E-state index contributed by atoms with van der Waals surface area (Å²) in [7, 11) is 0. The third-order valence-electron chi connectivity index (χ3n) is 4.41. The number of benzene rings is 1. The molecule has 0 bridgehead atoms. The molecular formula is C17H21N3S. The van der Waals surface area contributed by atoms with Crippen LogP contribution in [0.3, 0.4) is 0 Å². The van der Waals surface area contributed by atoms with E-state index in [1.165, 1.54) is 31.4 Å². The molecule has 3 rings (SSSR count). The van der Waals surface area contributed by atoms with Crippen molar-refractivity contribution in [1.82, 2.24) is 4.98 Å². The number of thiocarbonyl (C=S) groups is 1. The smallest absolute Gasteiger partial charge is 0.107 e. The zero-order valence-corrected chi connectivity index (χ0v) is 13.2. The fourth-order valence-electron chi connectivity index (χ4n) is 3.43. The van der Waals surface area contributed by atoms with Gasteiger partial charge in [0.15, 0.2) is 0 Å². The fourth-order valence-corrected chi connectivity index (χ4v) is 3.58. The molecule has 1 heterocycles. The van der Waals surface area contributed by atoms with Gasteiger partial charge in [-0.3, -0.25) is 4.98 Å². The van der Waals surface area contributed by atoms with E-state index in [0.717, 1.165) is 23.0 Å². The number of nitrogens with two attached hydrogens (primary N) is 1. The average molecular weight is 299 g/mol. The molecule has 0 radical (unpaired) electrons. The Morgan fingerprint density at radius 2 is 2.05 bits per heavy atom. The van der Waals surface area contributed by atoms with Crippen LogP contribution in [0.15, 0.2) is 30.5 Å². The van der Waals surface area contributed by atoms with Gasteiger partial charge in [0.05, 0.1) is 16.8 Å². The Morgan fingerprint density at radius 1 is 1.33 bits per heavy atom. The summed E-state index contributed by atoms with van der Waals surface area (Å²) >= 11 is 5.27. The second-order valence-electron chi connectivity index (χ2n) is 5.63. The molecule has 4 heteroatoms. The summed E-state index contributed by atoms with van der Waals surface area (Å²) in [6.07, 6.45) is 6.96. The minimum Gasteiger partial charge on any atom is -0.389 e. The highest BCUT2D eigenvalue weighted by molar-refractivity contribution is 7.80. The second-order valence-corrected chi connectivity index (χ2v) is 6.07. The Hall–Kier alpha value is -1.68. The van der Waals surface area contributed by atoms with Crippen LogP contribution in [0.1, 0.15) is 38.2 Å². The molecule has 21 heavy (non-hydrogen) atoms. The molecule has 0 spiro atoms. The predicted molar refractivity (Wildman–Crippen MR) is 92.9 cm³/mol. The first kappa shape index (κ1) is 14.3. The van der Waals surface area contributed by atoms with E-state index in [1.807, 2.05) is 18.3 Å². The third-order valence-corrected chi connectivity index (χ3v) is 4.63. The molecule has 0 atom stereocenters. The van der Waals surface area contributed by atoms with Crippen LogP contribution >= 0.6 is 12.2 Å². The van der Waals surface area contributed by atoms with Crippen molar-refractivity contribution in [2.75, 3.05) is 11.4 Å². The molecule has 1 saturated carbocycles. The number of para-hydroxylation sites is 1. The van der Waals surface area contributed by atoms with Crippen molar-refractivity contribution in [2.24, 2.45) is 5.73 Å². The van der Waals surface area contributed by atoms with Gasteiger partial charge in [-0.2, -0.15) is 0 Å². The SMILES string of the molecule is CCN(c1c(C(N)=S)cnc2ccccc12)C1CCCC1. The van der Waals surface area contributed by atoms with Gasteiger partial charge in [0.25, 0.3) is 0 Å². The Labute approximate surface area is 131 Å². The summed E-state index contributed by atoms with van der Waals surface area (Å²) in [4.78, 5) is 7.42. The van der Waals surface area contributed by atoms with Gasteiger partial charge in [0.1, 0.15) is 4.99 Å². The number of anilines is 1. The lowest BCUT2D eigenvalue weighted by Gasteiger charge is -2.32. The molecule has 0 saturated heterocycles. The molecule has 0 amide bonds. The number of hydrogen-bond acceptors (Lipinski definition) is 3. The zero-order valence-electron chi connectivity index (χ0n) is 12.4. The number of fused-ring (bicyclic) bond motifs is 1. The van der Waals surface area contributed by atoms with E-state index in [2.05, 4.69) is 28.9 Å². The molecule has 0 aliphatic heterocycles. The number of hydrogen-bond donors (Lipinski definition) is 1. The van der Waals surface area contributed by atoms with Crippen molar-refractivity contribution in [3.8, 4) is 0 Å². The molecule has 2 aromatic rings. The Bertz CT molecular complexity index is 662. The van der Waals surface area contributed by atoms with Crippen LogP contribution in [0.25, 0.3) is 10.9 Å². The maximum Gasteiger partial charge on any atom is 0.107 e. The van der Waals surface area contributed by atoms with Crippen molar-refractivity contribution in [3.05, 3.63) is 36.0 Å². The molecular weight excluding hydrogens is 278 g/mol. The van der Waals surface area contributed by atoms with Gasteiger partial charge in [0.2, 0.25) is 0 Å². The summed E-state index contributed by atoms with van der Waals surface area (Å²) in [5.74, 6) is 0. The van der Waals surface area contributed by atoms with Crippen molar-refractivity contribution in [1.29, 1.82) is 0 Å². The highest BCUT2D eigenvalue weighted by Gasteiger charge is 2.25. The molecule has 110 valence electrons. The lowest BCUT2D eigenvalue weighted by atomic mass is 10.1. The fraction of sp³-hybridized carbons (Fsp3) is 0.412. The Kier molecular flexibility index (Phi) is 4.06. The van der Waals surface area contributed by atoms with E-state index in [0.29, 0.717) is 11.0 Å². The van der Waals surface area contributed by atoms with E-state index in [1.54, 1.807) is 0 Å². The molecule has 3 nitrogen and oxygen atoms in total. The van der Waals surface area contributed by atoms with Gasteiger partial charge < -0.3 is 10.6 Å². The topological polar surface area (TPSA) is 42.1 Å².